The van der Waals surface area contributed by atoms with Gasteiger partial charge in [-0.05, 0) is 38.0 Å². The molecule has 1 aliphatic carbocycles. The predicted molar refractivity (Wildman–Crippen MR) is 83.5 cm³/mol. The minimum atomic E-state index is 0.325. The SMILES string of the molecule is CCC1CNC(C)(CC)CN1C1CCCC(C)C1C. The van der Waals surface area contributed by atoms with Gasteiger partial charge < -0.3 is 5.32 Å². The van der Waals surface area contributed by atoms with Gasteiger partial charge in [0, 0.05) is 30.7 Å². The number of rotatable bonds is 3. The molecule has 19 heavy (non-hydrogen) atoms. The summed E-state index contributed by atoms with van der Waals surface area (Å²) in [6.07, 6.45) is 6.80. The number of hydrogen-bond donors (Lipinski definition) is 1. The van der Waals surface area contributed by atoms with E-state index in [-0.39, 0.29) is 0 Å². The molecule has 1 saturated carbocycles. The van der Waals surface area contributed by atoms with Crippen LogP contribution in [0.5, 0.6) is 0 Å². The van der Waals surface area contributed by atoms with Crippen molar-refractivity contribution in [2.75, 3.05) is 13.1 Å². The molecular formula is C17H34N2. The number of nitrogens with zero attached hydrogens (tertiary/aromatic N) is 1. The highest BCUT2D eigenvalue weighted by molar-refractivity contribution is 4.98. The van der Waals surface area contributed by atoms with Crippen molar-refractivity contribution in [3.05, 3.63) is 0 Å². The van der Waals surface area contributed by atoms with Crippen LogP contribution < -0.4 is 5.32 Å². The summed E-state index contributed by atoms with van der Waals surface area (Å²) in [6.45, 7) is 14.5. The first-order valence-corrected chi connectivity index (χ1v) is 8.51. The van der Waals surface area contributed by atoms with Gasteiger partial charge in [-0.1, -0.05) is 40.5 Å². The molecule has 2 fully saturated rings. The maximum atomic E-state index is 3.80. The summed E-state index contributed by atoms with van der Waals surface area (Å²) >= 11 is 0. The molecule has 0 amide bonds. The largest absolute Gasteiger partial charge is 0.309 e. The van der Waals surface area contributed by atoms with Crippen molar-refractivity contribution in [1.82, 2.24) is 10.2 Å². The molecule has 0 aromatic heterocycles. The highest BCUT2D eigenvalue weighted by atomic mass is 15.3. The van der Waals surface area contributed by atoms with Gasteiger partial charge in [0.1, 0.15) is 0 Å². The molecule has 0 bridgehead atoms. The predicted octanol–water partition coefficient (Wildman–Crippen LogP) is 3.66. The van der Waals surface area contributed by atoms with Crippen LogP contribution in [0.1, 0.15) is 66.7 Å². The van der Waals surface area contributed by atoms with E-state index in [1.807, 2.05) is 0 Å². The minimum Gasteiger partial charge on any atom is -0.309 e. The van der Waals surface area contributed by atoms with Gasteiger partial charge in [-0.3, -0.25) is 4.90 Å². The molecular weight excluding hydrogens is 232 g/mol. The molecule has 5 unspecified atom stereocenters. The summed E-state index contributed by atoms with van der Waals surface area (Å²) in [7, 11) is 0. The van der Waals surface area contributed by atoms with Gasteiger partial charge in [0.05, 0.1) is 0 Å². The maximum Gasteiger partial charge on any atom is 0.0278 e. The summed E-state index contributed by atoms with van der Waals surface area (Å²) in [5, 5.41) is 3.80. The Morgan fingerprint density at radius 3 is 2.58 bits per heavy atom. The van der Waals surface area contributed by atoms with Crippen LogP contribution in [0.25, 0.3) is 0 Å². The Labute approximate surface area is 120 Å². The molecule has 0 radical (unpaired) electrons. The fourth-order valence-corrected chi connectivity index (χ4v) is 4.09. The molecule has 112 valence electrons. The molecule has 1 heterocycles. The average Bonchev–Trinajstić information content (AvgIpc) is 2.42. The van der Waals surface area contributed by atoms with Gasteiger partial charge in [0.15, 0.2) is 0 Å². The van der Waals surface area contributed by atoms with Gasteiger partial charge >= 0.3 is 0 Å². The van der Waals surface area contributed by atoms with E-state index in [1.54, 1.807) is 0 Å². The third kappa shape index (κ3) is 3.16. The average molecular weight is 266 g/mol. The van der Waals surface area contributed by atoms with Gasteiger partial charge in [-0.2, -0.15) is 0 Å². The summed E-state index contributed by atoms with van der Waals surface area (Å²) in [5.41, 5.74) is 0.325. The van der Waals surface area contributed by atoms with Crippen molar-refractivity contribution in [3.8, 4) is 0 Å². The van der Waals surface area contributed by atoms with Crippen LogP contribution in [0.15, 0.2) is 0 Å². The standard InChI is InChI=1S/C17H34N2/c1-6-15-11-18-17(5,7-2)12-19(15)16-10-8-9-13(3)14(16)4/h13-16,18H,6-12H2,1-5H3. The molecule has 2 aliphatic rings. The monoisotopic (exact) mass is 266 g/mol. The van der Waals surface area contributed by atoms with Crippen molar-refractivity contribution in [3.63, 3.8) is 0 Å². The molecule has 0 spiro atoms. The zero-order valence-corrected chi connectivity index (χ0v) is 13.7. The minimum absolute atomic E-state index is 0.325. The van der Waals surface area contributed by atoms with Crippen molar-refractivity contribution in [1.29, 1.82) is 0 Å². The van der Waals surface area contributed by atoms with E-state index >= 15 is 0 Å². The lowest BCUT2D eigenvalue weighted by molar-refractivity contribution is -0.00474. The van der Waals surface area contributed by atoms with Crippen molar-refractivity contribution in [2.45, 2.75) is 84.3 Å². The van der Waals surface area contributed by atoms with Crippen LogP contribution in [0.3, 0.4) is 0 Å². The first-order chi connectivity index (χ1) is 9.00. The van der Waals surface area contributed by atoms with E-state index in [2.05, 4.69) is 44.8 Å². The van der Waals surface area contributed by atoms with Crippen LogP contribution in [0, 0.1) is 11.8 Å². The highest BCUT2D eigenvalue weighted by Crippen LogP contribution is 2.36. The highest BCUT2D eigenvalue weighted by Gasteiger charge is 2.40. The molecule has 2 nitrogen and oxygen atoms in total. The topological polar surface area (TPSA) is 15.3 Å². The quantitative estimate of drug-likeness (QED) is 0.838. The van der Waals surface area contributed by atoms with Crippen molar-refractivity contribution in [2.24, 2.45) is 11.8 Å². The van der Waals surface area contributed by atoms with Gasteiger partial charge in [0.25, 0.3) is 0 Å². The second kappa shape index (κ2) is 6.13. The van der Waals surface area contributed by atoms with E-state index in [4.69, 9.17) is 0 Å². The molecule has 0 aromatic rings. The van der Waals surface area contributed by atoms with Crippen molar-refractivity contribution >= 4 is 0 Å². The Balaban J connectivity index is 2.13. The fourth-order valence-electron chi connectivity index (χ4n) is 4.09. The summed E-state index contributed by atoms with van der Waals surface area (Å²) in [5.74, 6) is 1.76. The Hall–Kier alpha value is -0.0800. The second-order valence-electron chi connectivity index (χ2n) is 7.36. The smallest absolute Gasteiger partial charge is 0.0278 e. The van der Waals surface area contributed by atoms with Crippen LogP contribution >= 0.6 is 0 Å². The number of nitrogens with one attached hydrogen (secondary N) is 1. The van der Waals surface area contributed by atoms with E-state index in [0.717, 1.165) is 23.9 Å². The lowest BCUT2D eigenvalue weighted by atomic mass is 9.76. The first-order valence-electron chi connectivity index (χ1n) is 8.51. The van der Waals surface area contributed by atoms with E-state index < -0.39 is 0 Å². The number of piperazine rings is 1. The van der Waals surface area contributed by atoms with Crippen LogP contribution in [0.4, 0.5) is 0 Å². The van der Waals surface area contributed by atoms with Gasteiger partial charge in [0.2, 0.25) is 0 Å². The van der Waals surface area contributed by atoms with Crippen LogP contribution in [-0.2, 0) is 0 Å². The zero-order chi connectivity index (χ0) is 14.0. The van der Waals surface area contributed by atoms with Gasteiger partial charge in [-0.15, -0.1) is 0 Å². The van der Waals surface area contributed by atoms with E-state index in [0.29, 0.717) is 5.54 Å². The molecule has 1 N–H and O–H groups in total. The Morgan fingerprint density at radius 2 is 1.95 bits per heavy atom. The van der Waals surface area contributed by atoms with Crippen LogP contribution in [-0.4, -0.2) is 35.6 Å². The molecule has 1 aliphatic heterocycles. The van der Waals surface area contributed by atoms with E-state index in [9.17, 15) is 0 Å². The fraction of sp³-hybridized carbons (Fsp3) is 1.00. The molecule has 1 saturated heterocycles. The third-order valence-corrected chi connectivity index (χ3v) is 6.11. The summed E-state index contributed by atoms with van der Waals surface area (Å²) in [6, 6.07) is 1.57. The summed E-state index contributed by atoms with van der Waals surface area (Å²) in [4.78, 5) is 2.88. The van der Waals surface area contributed by atoms with Gasteiger partial charge in [-0.25, -0.2) is 0 Å². The number of hydrogen-bond acceptors (Lipinski definition) is 2. The Kier molecular flexibility index (Phi) is 4.94. The lowest BCUT2D eigenvalue weighted by Gasteiger charge is -2.52. The molecule has 2 rings (SSSR count). The first kappa shape index (κ1) is 15.3. The summed E-state index contributed by atoms with van der Waals surface area (Å²) < 4.78 is 0. The molecule has 0 aromatic carbocycles. The third-order valence-electron chi connectivity index (χ3n) is 6.11. The second-order valence-corrected chi connectivity index (χ2v) is 7.36. The lowest BCUT2D eigenvalue weighted by Crippen LogP contribution is -2.66. The Morgan fingerprint density at radius 1 is 1.21 bits per heavy atom. The normalized spacial score (nSPS) is 45.3. The molecule has 5 atom stereocenters. The van der Waals surface area contributed by atoms with E-state index in [1.165, 1.54) is 45.2 Å². The van der Waals surface area contributed by atoms with Crippen LogP contribution in [0.2, 0.25) is 0 Å². The Bertz CT molecular complexity index is 291. The molecule has 2 heteroatoms. The maximum absolute atomic E-state index is 3.80. The van der Waals surface area contributed by atoms with Crippen molar-refractivity contribution < 1.29 is 0 Å². The zero-order valence-electron chi connectivity index (χ0n) is 13.7.